The second-order valence-electron chi connectivity index (χ2n) is 7.85. The van der Waals surface area contributed by atoms with Crippen LogP contribution in [0.5, 0.6) is 5.75 Å². The molecular weight excluding hydrogens is 408 g/mol. The van der Waals surface area contributed by atoms with Gasteiger partial charge in [0.05, 0.1) is 25.4 Å². The third-order valence-corrected chi connectivity index (χ3v) is 7.08. The molecule has 1 aliphatic rings. The lowest BCUT2D eigenvalue weighted by Gasteiger charge is -2.23. The largest absolute Gasteiger partial charge is 0.496 e. The topological polar surface area (TPSA) is 69.0 Å². The minimum atomic E-state index is 0.0385. The first-order valence-corrected chi connectivity index (χ1v) is 11.3. The Morgan fingerprint density at radius 1 is 1.23 bits per heavy atom. The maximum absolute atomic E-state index is 13.3. The summed E-state index contributed by atoms with van der Waals surface area (Å²) < 4.78 is 7.14. The van der Waals surface area contributed by atoms with E-state index in [1.165, 1.54) is 16.0 Å². The van der Waals surface area contributed by atoms with Crippen molar-refractivity contribution < 1.29 is 4.74 Å². The number of rotatable bonds is 6. The molecule has 5 rings (SSSR count). The fourth-order valence-corrected chi connectivity index (χ4v) is 5.53. The third-order valence-electron chi connectivity index (χ3n) is 5.91. The Morgan fingerprint density at radius 3 is 2.90 bits per heavy atom. The Morgan fingerprint density at radius 2 is 2.06 bits per heavy atom. The first kappa shape index (κ1) is 19.9. The number of thiophene rings is 1. The van der Waals surface area contributed by atoms with E-state index in [0.29, 0.717) is 12.6 Å². The molecule has 1 atom stereocenters. The number of hydrogen-bond acceptors (Lipinski definition) is 6. The van der Waals surface area contributed by atoms with Crippen LogP contribution < -0.4 is 15.6 Å². The predicted octanol–water partition coefficient (Wildman–Crippen LogP) is 3.56. The van der Waals surface area contributed by atoms with Crippen molar-refractivity contribution in [3.8, 4) is 5.75 Å². The van der Waals surface area contributed by atoms with Gasteiger partial charge in [0.15, 0.2) is 0 Å². The molecule has 158 valence electrons. The van der Waals surface area contributed by atoms with E-state index in [4.69, 9.17) is 4.74 Å². The molecule has 4 aromatic rings. The molecule has 0 saturated heterocycles. The van der Waals surface area contributed by atoms with Gasteiger partial charge in [-0.05, 0) is 48.6 Å². The second kappa shape index (κ2) is 8.61. The minimum absolute atomic E-state index is 0.0385. The summed E-state index contributed by atoms with van der Waals surface area (Å²) in [5.74, 6) is 0.782. The number of aryl methyl sites for hydroxylation is 1. The lowest BCUT2D eigenvalue weighted by atomic mass is 9.93. The number of benzene rings is 1. The van der Waals surface area contributed by atoms with Gasteiger partial charge in [-0.25, -0.2) is 4.98 Å². The van der Waals surface area contributed by atoms with Crippen molar-refractivity contribution in [3.63, 3.8) is 0 Å². The highest BCUT2D eigenvalue weighted by Gasteiger charge is 2.25. The molecular formula is C24H24N4O2S. The van der Waals surface area contributed by atoms with Crippen molar-refractivity contribution in [2.75, 3.05) is 7.11 Å². The Balaban J connectivity index is 1.39. The first-order valence-electron chi connectivity index (χ1n) is 10.5. The molecule has 0 aliphatic heterocycles. The molecule has 31 heavy (non-hydrogen) atoms. The number of para-hydroxylation sites is 1. The van der Waals surface area contributed by atoms with Crippen LogP contribution in [0.4, 0.5) is 0 Å². The standard InChI is InChI=1S/C24H24N4O2S/c1-30-20-5-3-2-4-17(20)14-28-15-27-23-22(24(28)29)19-7-6-18(12-21(19)31-23)26-13-16-8-10-25-11-9-16/h2-5,8-11,15,18,26H,6-7,12-14H2,1H3. The van der Waals surface area contributed by atoms with E-state index in [0.717, 1.165) is 47.3 Å². The van der Waals surface area contributed by atoms with Crippen molar-refractivity contribution in [2.24, 2.45) is 0 Å². The Labute approximate surface area is 184 Å². The zero-order valence-electron chi connectivity index (χ0n) is 17.4. The SMILES string of the molecule is COc1ccccc1Cn1cnc2sc3c(c2c1=O)CCC(NCc1ccncc1)C3. The van der Waals surface area contributed by atoms with Crippen LogP contribution in [0.2, 0.25) is 0 Å². The summed E-state index contributed by atoms with van der Waals surface area (Å²) in [6, 6.07) is 12.3. The Kier molecular flexibility index (Phi) is 5.53. The smallest absolute Gasteiger partial charge is 0.262 e. The summed E-state index contributed by atoms with van der Waals surface area (Å²) in [7, 11) is 1.65. The van der Waals surface area contributed by atoms with Gasteiger partial charge in [-0.1, -0.05) is 18.2 Å². The predicted molar refractivity (Wildman–Crippen MR) is 123 cm³/mol. The zero-order valence-corrected chi connectivity index (χ0v) is 18.2. The highest BCUT2D eigenvalue weighted by Crippen LogP contribution is 2.34. The van der Waals surface area contributed by atoms with Crippen molar-refractivity contribution in [3.05, 3.63) is 87.0 Å². The van der Waals surface area contributed by atoms with E-state index in [9.17, 15) is 4.79 Å². The fourth-order valence-electron chi connectivity index (χ4n) is 4.27. The van der Waals surface area contributed by atoms with Crippen LogP contribution in [0.1, 0.15) is 28.0 Å². The molecule has 6 nitrogen and oxygen atoms in total. The summed E-state index contributed by atoms with van der Waals surface area (Å²) in [5, 5.41) is 4.45. The lowest BCUT2D eigenvalue weighted by molar-refractivity contribution is 0.408. The van der Waals surface area contributed by atoms with Gasteiger partial charge in [0.1, 0.15) is 10.6 Å². The molecule has 0 fully saturated rings. The van der Waals surface area contributed by atoms with E-state index < -0.39 is 0 Å². The van der Waals surface area contributed by atoms with Crippen molar-refractivity contribution >= 4 is 21.6 Å². The second-order valence-corrected chi connectivity index (χ2v) is 8.93. The molecule has 0 saturated carbocycles. The number of nitrogens with zero attached hydrogens (tertiary/aromatic N) is 3. The highest BCUT2D eigenvalue weighted by molar-refractivity contribution is 7.18. The number of ether oxygens (including phenoxy) is 1. The van der Waals surface area contributed by atoms with E-state index in [-0.39, 0.29) is 5.56 Å². The van der Waals surface area contributed by atoms with Gasteiger partial charge in [-0.2, -0.15) is 0 Å². The van der Waals surface area contributed by atoms with Gasteiger partial charge in [-0.3, -0.25) is 14.3 Å². The number of nitrogens with one attached hydrogen (secondary N) is 1. The molecule has 1 unspecified atom stereocenters. The van der Waals surface area contributed by atoms with Crippen LogP contribution in [0.25, 0.3) is 10.2 Å². The minimum Gasteiger partial charge on any atom is -0.496 e. The average Bonchev–Trinajstić information content (AvgIpc) is 3.19. The van der Waals surface area contributed by atoms with Crippen LogP contribution in [0.15, 0.2) is 59.9 Å². The van der Waals surface area contributed by atoms with Crippen LogP contribution in [-0.2, 0) is 25.9 Å². The molecule has 3 heterocycles. The molecule has 0 bridgehead atoms. The number of hydrogen-bond donors (Lipinski definition) is 1. The summed E-state index contributed by atoms with van der Waals surface area (Å²) >= 11 is 1.66. The van der Waals surface area contributed by atoms with Crippen molar-refractivity contribution in [1.29, 1.82) is 0 Å². The highest BCUT2D eigenvalue weighted by atomic mass is 32.1. The van der Waals surface area contributed by atoms with Gasteiger partial charge < -0.3 is 10.1 Å². The fraction of sp³-hybridized carbons (Fsp3) is 0.292. The normalized spacial score (nSPS) is 15.7. The first-order chi connectivity index (χ1) is 15.2. The van der Waals surface area contributed by atoms with Gasteiger partial charge in [0.2, 0.25) is 0 Å². The van der Waals surface area contributed by atoms with E-state index in [1.807, 2.05) is 48.8 Å². The summed E-state index contributed by atoms with van der Waals surface area (Å²) in [4.78, 5) is 24.2. The number of fused-ring (bicyclic) bond motifs is 3. The average molecular weight is 433 g/mol. The number of methoxy groups -OCH3 is 1. The lowest BCUT2D eigenvalue weighted by Crippen LogP contribution is -2.33. The molecule has 1 aliphatic carbocycles. The molecule has 3 aromatic heterocycles. The van der Waals surface area contributed by atoms with Crippen LogP contribution in [0, 0.1) is 0 Å². The third kappa shape index (κ3) is 3.98. The van der Waals surface area contributed by atoms with Gasteiger partial charge in [0.25, 0.3) is 5.56 Å². The molecule has 1 aromatic carbocycles. The quantitative estimate of drug-likeness (QED) is 0.505. The number of aromatic nitrogens is 3. The molecule has 0 spiro atoms. The van der Waals surface area contributed by atoms with Gasteiger partial charge in [0, 0.05) is 35.4 Å². The van der Waals surface area contributed by atoms with Crippen molar-refractivity contribution in [1.82, 2.24) is 19.9 Å². The van der Waals surface area contributed by atoms with E-state index in [1.54, 1.807) is 29.3 Å². The molecule has 0 radical (unpaired) electrons. The Hall–Kier alpha value is -3.03. The molecule has 1 N–H and O–H groups in total. The molecule has 7 heteroatoms. The van der Waals surface area contributed by atoms with Crippen molar-refractivity contribution in [2.45, 2.75) is 38.4 Å². The zero-order chi connectivity index (χ0) is 21.2. The maximum Gasteiger partial charge on any atom is 0.262 e. The van der Waals surface area contributed by atoms with E-state index >= 15 is 0 Å². The van der Waals surface area contributed by atoms with Crippen LogP contribution >= 0.6 is 11.3 Å². The van der Waals surface area contributed by atoms with E-state index in [2.05, 4.69) is 15.3 Å². The van der Waals surface area contributed by atoms with Gasteiger partial charge >= 0.3 is 0 Å². The molecule has 0 amide bonds. The van der Waals surface area contributed by atoms with Crippen LogP contribution in [-0.4, -0.2) is 27.7 Å². The Bertz CT molecular complexity index is 1270. The summed E-state index contributed by atoms with van der Waals surface area (Å²) in [6.45, 7) is 1.28. The van der Waals surface area contributed by atoms with Crippen LogP contribution in [0.3, 0.4) is 0 Å². The summed E-state index contributed by atoms with van der Waals surface area (Å²) in [6.07, 6.45) is 8.17. The summed E-state index contributed by atoms with van der Waals surface area (Å²) in [5.41, 5.74) is 3.43. The monoisotopic (exact) mass is 432 g/mol. The number of pyridine rings is 1. The maximum atomic E-state index is 13.3. The van der Waals surface area contributed by atoms with Gasteiger partial charge in [-0.15, -0.1) is 11.3 Å².